The van der Waals surface area contributed by atoms with Crippen molar-refractivity contribution in [2.75, 3.05) is 11.9 Å². The Bertz CT molecular complexity index is 801. The fourth-order valence-electron chi connectivity index (χ4n) is 5.77. The second-order valence-corrected chi connectivity index (χ2v) is 11.6. The van der Waals surface area contributed by atoms with Gasteiger partial charge in [0.05, 0.1) is 6.61 Å². The van der Waals surface area contributed by atoms with Gasteiger partial charge >= 0.3 is 5.97 Å². The van der Waals surface area contributed by atoms with Crippen molar-refractivity contribution in [1.29, 1.82) is 0 Å². The van der Waals surface area contributed by atoms with E-state index in [1.54, 1.807) is 0 Å². The highest BCUT2D eigenvalue weighted by atomic mass is 79.9. The van der Waals surface area contributed by atoms with Crippen LogP contribution >= 0.6 is 15.9 Å². The van der Waals surface area contributed by atoms with E-state index in [9.17, 15) is 9.90 Å². The van der Waals surface area contributed by atoms with Gasteiger partial charge in [0.1, 0.15) is 22.4 Å². The summed E-state index contributed by atoms with van der Waals surface area (Å²) in [6.45, 7) is 11.6. The highest BCUT2D eigenvalue weighted by molar-refractivity contribution is 9.09. The number of alkyl halides is 1. The van der Waals surface area contributed by atoms with Crippen LogP contribution in [-0.4, -0.2) is 28.6 Å². The van der Waals surface area contributed by atoms with Crippen molar-refractivity contribution in [2.24, 2.45) is 11.8 Å². The van der Waals surface area contributed by atoms with E-state index in [2.05, 4.69) is 56.6 Å². The van der Waals surface area contributed by atoms with E-state index in [1.165, 1.54) is 25.7 Å². The molecule has 0 radical (unpaired) electrons. The van der Waals surface area contributed by atoms with Crippen molar-refractivity contribution in [3.05, 3.63) is 23.3 Å². The number of halogens is 1. The van der Waals surface area contributed by atoms with E-state index in [-0.39, 0.29) is 28.2 Å². The van der Waals surface area contributed by atoms with Gasteiger partial charge in [-0.1, -0.05) is 62.4 Å². The molecule has 1 aromatic rings. The molecule has 1 fully saturated rings. The number of carbonyl (C=O) groups is 1. The quantitative estimate of drug-likeness (QED) is 0.216. The molecule has 2 aliphatic rings. The smallest absolute Gasteiger partial charge is 0.316 e. The lowest BCUT2D eigenvalue weighted by molar-refractivity contribution is -0.142. The summed E-state index contributed by atoms with van der Waals surface area (Å²) in [7, 11) is 0. The SMILES string of the molecule is CCCCCCC(C)(C)c1cc(O)c2c(c1)OC(C)(C)C1CCC(COC(=O)CBr)CC21. The lowest BCUT2D eigenvalue weighted by atomic mass is 9.63. The highest BCUT2D eigenvalue weighted by Crippen LogP contribution is 2.56. The number of fused-ring (bicyclic) bond motifs is 3. The van der Waals surface area contributed by atoms with Crippen molar-refractivity contribution in [2.45, 2.75) is 103 Å². The molecular weight excluding hydrogens is 468 g/mol. The van der Waals surface area contributed by atoms with Crippen LogP contribution in [0.2, 0.25) is 0 Å². The number of unbranched alkanes of at least 4 members (excludes halogenated alkanes) is 3. The monoisotopic (exact) mass is 508 g/mol. The lowest BCUT2D eigenvalue weighted by Crippen LogP contribution is -2.47. The molecule has 1 saturated carbocycles. The van der Waals surface area contributed by atoms with Crippen LogP contribution in [0.15, 0.2) is 12.1 Å². The first-order valence-electron chi connectivity index (χ1n) is 12.4. The molecule has 1 aliphatic carbocycles. The summed E-state index contributed by atoms with van der Waals surface area (Å²) < 4.78 is 12.0. The Hall–Kier alpha value is -1.23. The maximum absolute atomic E-state index is 11.6. The third-order valence-electron chi connectivity index (χ3n) is 7.74. The zero-order chi connectivity index (χ0) is 23.5. The molecule has 180 valence electrons. The molecule has 1 heterocycles. The number of benzene rings is 1. The molecular formula is C27H41BrO4. The minimum atomic E-state index is -0.286. The molecule has 0 saturated heterocycles. The molecule has 3 unspecified atom stereocenters. The summed E-state index contributed by atoms with van der Waals surface area (Å²) in [5, 5.41) is 11.4. The first kappa shape index (κ1) is 25.4. The number of esters is 1. The fourth-order valence-corrected chi connectivity index (χ4v) is 5.93. The number of hydrogen-bond acceptors (Lipinski definition) is 4. The molecule has 5 heteroatoms. The Morgan fingerprint density at radius 3 is 2.69 bits per heavy atom. The normalized spacial score (nSPS) is 24.2. The molecule has 1 aliphatic heterocycles. The zero-order valence-corrected chi connectivity index (χ0v) is 22.1. The summed E-state index contributed by atoms with van der Waals surface area (Å²) in [5.74, 6) is 1.87. The Morgan fingerprint density at radius 2 is 2.00 bits per heavy atom. The Kier molecular flexibility index (Phi) is 8.22. The second kappa shape index (κ2) is 10.4. The maximum Gasteiger partial charge on any atom is 0.316 e. The van der Waals surface area contributed by atoms with E-state index >= 15 is 0 Å². The van der Waals surface area contributed by atoms with E-state index < -0.39 is 0 Å². The van der Waals surface area contributed by atoms with Gasteiger partial charge in [0.15, 0.2) is 0 Å². The van der Waals surface area contributed by atoms with E-state index in [1.807, 2.05) is 6.07 Å². The second-order valence-electron chi connectivity index (χ2n) is 11.0. The number of hydrogen-bond donors (Lipinski definition) is 1. The number of carbonyl (C=O) groups excluding carboxylic acids is 1. The molecule has 0 amide bonds. The topological polar surface area (TPSA) is 55.8 Å². The Labute approximate surface area is 202 Å². The van der Waals surface area contributed by atoms with Crippen LogP contribution in [0.4, 0.5) is 0 Å². The van der Waals surface area contributed by atoms with Crippen molar-refractivity contribution in [1.82, 2.24) is 0 Å². The highest BCUT2D eigenvalue weighted by Gasteiger charge is 2.48. The van der Waals surface area contributed by atoms with Gasteiger partial charge in [0.2, 0.25) is 0 Å². The van der Waals surface area contributed by atoms with Gasteiger partial charge in [-0.15, -0.1) is 0 Å². The molecule has 0 aromatic heterocycles. The van der Waals surface area contributed by atoms with Crippen LogP contribution < -0.4 is 4.74 Å². The molecule has 3 rings (SSSR count). The van der Waals surface area contributed by atoms with Gasteiger partial charge in [-0.05, 0) is 74.5 Å². The van der Waals surface area contributed by atoms with Crippen LogP contribution in [0.1, 0.15) is 103 Å². The maximum atomic E-state index is 11.6. The number of rotatable bonds is 9. The molecule has 1 aromatic carbocycles. The van der Waals surface area contributed by atoms with Gasteiger partial charge in [-0.2, -0.15) is 0 Å². The predicted molar refractivity (Wildman–Crippen MR) is 133 cm³/mol. The summed E-state index contributed by atoms with van der Waals surface area (Å²) >= 11 is 3.16. The van der Waals surface area contributed by atoms with Gasteiger partial charge in [-0.25, -0.2) is 0 Å². The molecule has 32 heavy (non-hydrogen) atoms. The van der Waals surface area contributed by atoms with Crippen molar-refractivity contribution < 1.29 is 19.4 Å². The molecule has 1 N–H and O–H groups in total. The van der Waals surface area contributed by atoms with Gasteiger partial charge in [-0.3, -0.25) is 4.79 Å². The number of ether oxygens (including phenoxy) is 2. The average molecular weight is 510 g/mol. The first-order chi connectivity index (χ1) is 15.1. The largest absolute Gasteiger partial charge is 0.508 e. The molecule has 0 spiro atoms. The number of phenolic OH excluding ortho intramolecular Hbond substituents is 1. The number of phenols is 1. The fraction of sp³-hybridized carbons (Fsp3) is 0.741. The molecule has 4 nitrogen and oxygen atoms in total. The Balaban J connectivity index is 1.85. The third kappa shape index (κ3) is 5.63. The van der Waals surface area contributed by atoms with E-state index in [4.69, 9.17) is 9.47 Å². The van der Waals surface area contributed by atoms with Crippen LogP contribution in [0.3, 0.4) is 0 Å². The minimum Gasteiger partial charge on any atom is -0.508 e. The lowest BCUT2D eigenvalue weighted by Gasteiger charge is -2.49. The number of aromatic hydroxyl groups is 1. The molecule has 0 bridgehead atoms. The van der Waals surface area contributed by atoms with Crippen LogP contribution in [0.25, 0.3) is 0 Å². The van der Waals surface area contributed by atoms with Crippen molar-refractivity contribution in [3.8, 4) is 11.5 Å². The standard InChI is InChI=1S/C27H41BrO4/c1-6-7-8-9-12-26(2,3)19-14-22(29)25-20-13-18(17-31-24(30)16-28)10-11-21(20)27(4,5)32-23(25)15-19/h14-15,18,20-21,29H,6-13,16-17H2,1-5H3. The van der Waals surface area contributed by atoms with Gasteiger partial charge in [0, 0.05) is 11.5 Å². The Morgan fingerprint density at radius 1 is 1.25 bits per heavy atom. The third-order valence-corrected chi connectivity index (χ3v) is 8.20. The summed E-state index contributed by atoms with van der Waals surface area (Å²) in [6, 6.07) is 4.16. The van der Waals surface area contributed by atoms with Gasteiger partial charge < -0.3 is 14.6 Å². The van der Waals surface area contributed by atoms with E-state index in [0.29, 0.717) is 24.2 Å². The summed E-state index contributed by atoms with van der Waals surface area (Å²) in [4.78, 5) is 11.6. The van der Waals surface area contributed by atoms with Crippen molar-refractivity contribution in [3.63, 3.8) is 0 Å². The predicted octanol–water partition coefficient (Wildman–Crippen LogP) is 7.25. The van der Waals surface area contributed by atoms with Crippen LogP contribution in [0.5, 0.6) is 11.5 Å². The van der Waals surface area contributed by atoms with Crippen molar-refractivity contribution >= 4 is 21.9 Å². The average Bonchev–Trinajstić information content (AvgIpc) is 2.74. The van der Waals surface area contributed by atoms with E-state index in [0.717, 1.165) is 42.6 Å². The first-order valence-corrected chi connectivity index (χ1v) is 13.5. The minimum absolute atomic E-state index is 0.0103. The summed E-state index contributed by atoms with van der Waals surface area (Å²) in [6.07, 6.45) is 9.00. The zero-order valence-electron chi connectivity index (χ0n) is 20.5. The van der Waals surface area contributed by atoms with Crippen LogP contribution in [-0.2, 0) is 14.9 Å². The molecule has 3 atom stereocenters. The summed E-state index contributed by atoms with van der Waals surface area (Å²) in [5.41, 5.74) is 1.81. The van der Waals surface area contributed by atoms with Gasteiger partial charge in [0.25, 0.3) is 0 Å². The van der Waals surface area contributed by atoms with Crippen LogP contribution in [0, 0.1) is 11.8 Å².